The van der Waals surface area contributed by atoms with Crippen molar-refractivity contribution in [3.05, 3.63) is 59.4 Å². The number of benzene rings is 2. The highest BCUT2D eigenvalue weighted by Crippen LogP contribution is 2.22. The fourth-order valence-corrected chi connectivity index (χ4v) is 4.82. The van der Waals surface area contributed by atoms with Gasteiger partial charge in [-0.3, -0.25) is 14.3 Å². The summed E-state index contributed by atoms with van der Waals surface area (Å²) in [4.78, 5) is 26.9. The number of nitrogens with zero attached hydrogens (tertiary/aromatic N) is 1. The first-order valence-corrected chi connectivity index (χ1v) is 12.7. The molecule has 178 valence electrons. The van der Waals surface area contributed by atoms with Gasteiger partial charge in [-0.2, -0.15) is 0 Å². The van der Waals surface area contributed by atoms with Gasteiger partial charge in [0.15, 0.2) is 0 Å². The first-order chi connectivity index (χ1) is 15.7. The number of amides is 2. The minimum absolute atomic E-state index is 0.0345. The Morgan fingerprint density at radius 1 is 1.18 bits per heavy atom. The lowest BCUT2D eigenvalue weighted by molar-refractivity contribution is -0.126. The molecule has 2 aromatic rings. The molecule has 2 aromatic carbocycles. The number of anilines is 1. The minimum Gasteiger partial charge on any atom is -0.356 e. The number of halogens is 1. The van der Waals surface area contributed by atoms with Crippen LogP contribution in [0.15, 0.2) is 47.4 Å². The van der Waals surface area contributed by atoms with Crippen LogP contribution in [0.1, 0.15) is 48.5 Å². The van der Waals surface area contributed by atoms with E-state index in [2.05, 4.69) is 17.0 Å². The maximum absolute atomic E-state index is 13.8. The van der Waals surface area contributed by atoms with Crippen LogP contribution in [0, 0.1) is 18.7 Å². The number of nitrogens with one attached hydrogen (secondary N) is 2. The van der Waals surface area contributed by atoms with Gasteiger partial charge < -0.3 is 10.2 Å². The largest absolute Gasteiger partial charge is 0.356 e. The molecule has 0 aliphatic carbocycles. The molecule has 0 bridgehead atoms. The van der Waals surface area contributed by atoms with Gasteiger partial charge in [-0.05, 0) is 62.1 Å². The molecular weight excluding hydrogens is 445 g/mol. The third-order valence-electron chi connectivity index (χ3n) is 5.72. The second-order valence-electron chi connectivity index (χ2n) is 8.33. The van der Waals surface area contributed by atoms with Crippen LogP contribution >= 0.6 is 0 Å². The topological polar surface area (TPSA) is 95.6 Å². The second-order valence-corrected chi connectivity index (χ2v) is 10.0. The molecule has 1 saturated heterocycles. The van der Waals surface area contributed by atoms with Crippen molar-refractivity contribution in [2.75, 3.05) is 24.4 Å². The molecule has 2 N–H and O–H groups in total. The zero-order valence-electron chi connectivity index (χ0n) is 18.9. The predicted octanol–water partition coefficient (Wildman–Crippen LogP) is 3.70. The predicted molar refractivity (Wildman–Crippen MR) is 125 cm³/mol. The molecule has 9 heteroatoms. The molecular formula is C24H30FN3O4S. The summed E-state index contributed by atoms with van der Waals surface area (Å²) in [5.74, 6) is -1.16. The number of aryl methyl sites for hydroxylation is 1. The number of carbonyl (C=O) groups is 2. The van der Waals surface area contributed by atoms with E-state index in [1.807, 2.05) is 0 Å². The smallest absolute Gasteiger partial charge is 0.261 e. The van der Waals surface area contributed by atoms with E-state index in [1.54, 1.807) is 24.0 Å². The average molecular weight is 476 g/mol. The van der Waals surface area contributed by atoms with Gasteiger partial charge in [0.2, 0.25) is 5.91 Å². The first-order valence-electron chi connectivity index (χ1n) is 11.2. The number of hydrogen-bond donors (Lipinski definition) is 2. The van der Waals surface area contributed by atoms with Crippen LogP contribution in [0.4, 0.5) is 10.1 Å². The number of likely N-dealkylation sites (tertiary alicyclic amines) is 1. The van der Waals surface area contributed by atoms with E-state index in [4.69, 9.17) is 0 Å². The van der Waals surface area contributed by atoms with Crippen LogP contribution in [0.5, 0.6) is 0 Å². The maximum Gasteiger partial charge on any atom is 0.261 e. The van der Waals surface area contributed by atoms with Crippen LogP contribution in [0.3, 0.4) is 0 Å². The SMILES string of the molecule is CCCCNC(=O)C1CCCN(C(=O)c2cccc(NS(=O)(=O)c3ccc(C)c(F)c3)c2)C1. The number of sulfonamides is 1. The van der Waals surface area contributed by atoms with Crippen LogP contribution in [-0.2, 0) is 14.8 Å². The van der Waals surface area contributed by atoms with Crippen molar-refractivity contribution in [3.63, 3.8) is 0 Å². The van der Waals surface area contributed by atoms with Crippen molar-refractivity contribution < 1.29 is 22.4 Å². The Morgan fingerprint density at radius 2 is 1.97 bits per heavy atom. The molecule has 1 aliphatic heterocycles. The van der Waals surface area contributed by atoms with Crippen molar-refractivity contribution in [3.8, 4) is 0 Å². The number of rotatable bonds is 8. The number of carbonyl (C=O) groups excluding carboxylic acids is 2. The van der Waals surface area contributed by atoms with E-state index in [-0.39, 0.29) is 28.3 Å². The average Bonchev–Trinajstić information content (AvgIpc) is 2.80. The van der Waals surface area contributed by atoms with E-state index in [1.165, 1.54) is 24.3 Å². The minimum atomic E-state index is -4.02. The van der Waals surface area contributed by atoms with Gasteiger partial charge in [-0.1, -0.05) is 25.5 Å². The Hall–Kier alpha value is -2.94. The summed E-state index contributed by atoms with van der Waals surface area (Å²) in [7, 11) is -4.02. The lowest BCUT2D eigenvalue weighted by atomic mass is 9.96. The normalized spacial score (nSPS) is 16.3. The summed E-state index contributed by atoms with van der Waals surface area (Å²) in [6, 6.07) is 9.86. The molecule has 0 saturated carbocycles. The summed E-state index contributed by atoms with van der Waals surface area (Å²) in [6.07, 6.45) is 3.37. The fraction of sp³-hybridized carbons (Fsp3) is 0.417. The molecule has 0 radical (unpaired) electrons. The highest BCUT2D eigenvalue weighted by molar-refractivity contribution is 7.92. The Bertz CT molecular complexity index is 1120. The molecule has 1 atom stereocenters. The van der Waals surface area contributed by atoms with Gasteiger partial charge in [-0.25, -0.2) is 12.8 Å². The van der Waals surface area contributed by atoms with E-state index < -0.39 is 15.8 Å². The molecule has 3 rings (SSSR count). The Balaban J connectivity index is 1.70. The maximum atomic E-state index is 13.8. The van der Waals surface area contributed by atoms with E-state index in [0.29, 0.717) is 30.8 Å². The van der Waals surface area contributed by atoms with Crippen molar-refractivity contribution in [1.29, 1.82) is 0 Å². The summed E-state index contributed by atoms with van der Waals surface area (Å²) < 4.78 is 41.5. The molecule has 7 nitrogen and oxygen atoms in total. The summed E-state index contributed by atoms with van der Waals surface area (Å²) in [6.45, 7) is 5.10. The lowest BCUT2D eigenvalue weighted by Crippen LogP contribution is -2.45. The van der Waals surface area contributed by atoms with Crippen LogP contribution in [-0.4, -0.2) is 44.8 Å². The van der Waals surface area contributed by atoms with Gasteiger partial charge in [0.25, 0.3) is 15.9 Å². The molecule has 0 spiro atoms. The van der Waals surface area contributed by atoms with Gasteiger partial charge in [0.05, 0.1) is 10.8 Å². The standard InChI is InChI=1S/C24H30FN3O4S/c1-3-4-12-26-23(29)19-8-6-13-28(16-19)24(30)18-7-5-9-20(14-18)27-33(31,32)21-11-10-17(2)22(25)15-21/h5,7,9-11,14-15,19,27H,3-4,6,8,12-13,16H2,1-2H3,(H,26,29). The zero-order chi connectivity index (χ0) is 24.0. The van der Waals surface area contributed by atoms with E-state index in [0.717, 1.165) is 31.7 Å². The van der Waals surface area contributed by atoms with Gasteiger partial charge in [-0.15, -0.1) is 0 Å². The van der Waals surface area contributed by atoms with Crippen molar-refractivity contribution >= 4 is 27.5 Å². The Kier molecular flexibility index (Phi) is 8.07. The van der Waals surface area contributed by atoms with Crippen molar-refractivity contribution in [2.24, 2.45) is 5.92 Å². The van der Waals surface area contributed by atoms with Gasteiger partial charge in [0.1, 0.15) is 5.82 Å². The molecule has 1 fully saturated rings. The third kappa shape index (κ3) is 6.31. The van der Waals surface area contributed by atoms with E-state index >= 15 is 0 Å². The molecule has 1 heterocycles. The van der Waals surface area contributed by atoms with Gasteiger partial charge in [0, 0.05) is 30.9 Å². The lowest BCUT2D eigenvalue weighted by Gasteiger charge is -2.32. The number of piperidine rings is 1. The van der Waals surface area contributed by atoms with Crippen LogP contribution < -0.4 is 10.0 Å². The molecule has 1 aliphatic rings. The molecule has 33 heavy (non-hydrogen) atoms. The Morgan fingerprint density at radius 3 is 2.70 bits per heavy atom. The summed E-state index contributed by atoms with van der Waals surface area (Å²) >= 11 is 0. The van der Waals surface area contributed by atoms with Crippen LogP contribution in [0.25, 0.3) is 0 Å². The van der Waals surface area contributed by atoms with E-state index in [9.17, 15) is 22.4 Å². The molecule has 2 amide bonds. The molecule has 0 aromatic heterocycles. The monoisotopic (exact) mass is 475 g/mol. The first kappa shape index (κ1) is 24.7. The number of unbranched alkanes of at least 4 members (excludes halogenated alkanes) is 1. The van der Waals surface area contributed by atoms with Crippen molar-refractivity contribution in [2.45, 2.75) is 44.4 Å². The second kappa shape index (κ2) is 10.8. The Labute approximate surface area is 194 Å². The summed E-state index contributed by atoms with van der Waals surface area (Å²) in [5, 5.41) is 2.93. The van der Waals surface area contributed by atoms with Gasteiger partial charge >= 0.3 is 0 Å². The fourth-order valence-electron chi connectivity index (χ4n) is 3.76. The third-order valence-corrected chi connectivity index (χ3v) is 7.10. The highest BCUT2D eigenvalue weighted by Gasteiger charge is 2.29. The van der Waals surface area contributed by atoms with Crippen LogP contribution in [0.2, 0.25) is 0 Å². The highest BCUT2D eigenvalue weighted by atomic mass is 32.2. The zero-order valence-corrected chi connectivity index (χ0v) is 19.8. The number of hydrogen-bond acceptors (Lipinski definition) is 4. The quantitative estimate of drug-likeness (QED) is 0.569. The summed E-state index contributed by atoms with van der Waals surface area (Å²) in [5.41, 5.74) is 0.866. The molecule has 1 unspecified atom stereocenters. The van der Waals surface area contributed by atoms with Crippen molar-refractivity contribution in [1.82, 2.24) is 10.2 Å².